The number of anilines is 1. The third-order valence-electron chi connectivity index (χ3n) is 2.55. The van der Waals surface area contributed by atoms with E-state index < -0.39 is 0 Å². The number of benzene rings is 2. The number of para-hydroxylation sites is 1. The molecule has 0 saturated carbocycles. The third kappa shape index (κ3) is 2.96. The first-order valence-corrected chi connectivity index (χ1v) is 6.29. The molecule has 0 atom stereocenters. The van der Waals surface area contributed by atoms with Gasteiger partial charge in [-0.05, 0) is 24.3 Å². The van der Waals surface area contributed by atoms with Gasteiger partial charge in [-0.1, -0.05) is 34.1 Å². The smallest absolute Gasteiger partial charge is 0.142 e. The molecule has 2 N–H and O–H groups in total. The van der Waals surface area contributed by atoms with Gasteiger partial charge in [-0.25, -0.2) is 0 Å². The summed E-state index contributed by atoms with van der Waals surface area (Å²) in [5.41, 5.74) is 7.47. The minimum absolute atomic E-state index is 0.426. The summed E-state index contributed by atoms with van der Waals surface area (Å²) in [4.78, 5) is 0. The maximum absolute atomic E-state index is 5.87. The van der Waals surface area contributed by atoms with Crippen LogP contribution in [0.4, 0.5) is 5.69 Å². The molecule has 0 aromatic heterocycles. The minimum atomic E-state index is 0.426. The standard InChI is InChI=1S/C14H14BrNO2/c1-17-13-5-3-2-4-10(13)9-18-14-7-6-11(15)8-12(14)16/h2-8H,9,16H2,1H3. The van der Waals surface area contributed by atoms with Crippen molar-refractivity contribution in [1.29, 1.82) is 0 Å². The van der Waals surface area contributed by atoms with E-state index in [1.165, 1.54) is 0 Å². The Morgan fingerprint density at radius 1 is 1.11 bits per heavy atom. The number of hydrogen-bond acceptors (Lipinski definition) is 3. The molecule has 0 saturated heterocycles. The Kier molecular flexibility index (Phi) is 4.10. The fourth-order valence-corrected chi connectivity index (χ4v) is 2.01. The van der Waals surface area contributed by atoms with E-state index in [9.17, 15) is 0 Å². The van der Waals surface area contributed by atoms with Crippen molar-refractivity contribution >= 4 is 21.6 Å². The first kappa shape index (κ1) is 12.8. The van der Waals surface area contributed by atoms with Crippen molar-refractivity contribution in [3.63, 3.8) is 0 Å². The van der Waals surface area contributed by atoms with Gasteiger partial charge in [0, 0.05) is 10.0 Å². The quantitative estimate of drug-likeness (QED) is 0.877. The van der Waals surface area contributed by atoms with E-state index in [1.807, 2.05) is 42.5 Å². The molecule has 0 bridgehead atoms. The summed E-state index contributed by atoms with van der Waals surface area (Å²) in [6.45, 7) is 0.426. The molecule has 0 spiro atoms. The second-order valence-electron chi connectivity index (χ2n) is 3.78. The minimum Gasteiger partial charge on any atom is -0.496 e. The summed E-state index contributed by atoms with van der Waals surface area (Å²) >= 11 is 3.36. The Balaban J connectivity index is 2.11. The molecule has 2 rings (SSSR count). The van der Waals surface area contributed by atoms with Crippen LogP contribution in [0.5, 0.6) is 11.5 Å². The Morgan fingerprint density at radius 2 is 1.89 bits per heavy atom. The van der Waals surface area contributed by atoms with E-state index >= 15 is 0 Å². The van der Waals surface area contributed by atoms with Gasteiger partial charge >= 0.3 is 0 Å². The maximum Gasteiger partial charge on any atom is 0.142 e. The second kappa shape index (κ2) is 5.78. The Bertz CT molecular complexity index is 543. The average Bonchev–Trinajstić information content (AvgIpc) is 2.38. The second-order valence-corrected chi connectivity index (χ2v) is 4.70. The maximum atomic E-state index is 5.87. The van der Waals surface area contributed by atoms with Crippen molar-refractivity contribution in [2.75, 3.05) is 12.8 Å². The van der Waals surface area contributed by atoms with Crippen molar-refractivity contribution in [2.45, 2.75) is 6.61 Å². The molecule has 0 aliphatic carbocycles. The Morgan fingerprint density at radius 3 is 2.61 bits per heavy atom. The molecule has 94 valence electrons. The van der Waals surface area contributed by atoms with Gasteiger partial charge in [0.1, 0.15) is 18.1 Å². The topological polar surface area (TPSA) is 44.5 Å². The zero-order valence-corrected chi connectivity index (χ0v) is 11.6. The van der Waals surface area contributed by atoms with E-state index in [1.54, 1.807) is 7.11 Å². The zero-order chi connectivity index (χ0) is 13.0. The van der Waals surface area contributed by atoms with Crippen LogP contribution in [0.25, 0.3) is 0 Å². The normalized spacial score (nSPS) is 10.1. The number of methoxy groups -OCH3 is 1. The number of ether oxygens (including phenoxy) is 2. The highest BCUT2D eigenvalue weighted by Gasteiger charge is 2.05. The third-order valence-corrected chi connectivity index (χ3v) is 3.04. The van der Waals surface area contributed by atoms with Crippen molar-refractivity contribution in [3.05, 3.63) is 52.5 Å². The number of hydrogen-bond donors (Lipinski definition) is 1. The van der Waals surface area contributed by atoms with Crippen LogP contribution >= 0.6 is 15.9 Å². The van der Waals surface area contributed by atoms with Gasteiger partial charge in [0.05, 0.1) is 12.8 Å². The van der Waals surface area contributed by atoms with Gasteiger partial charge in [0.25, 0.3) is 0 Å². The lowest BCUT2D eigenvalue weighted by Crippen LogP contribution is -2.00. The predicted octanol–water partition coefficient (Wildman–Crippen LogP) is 3.62. The lowest BCUT2D eigenvalue weighted by Gasteiger charge is -2.11. The molecule has 0 fully saturated rings. The molecular formula is C14H14BrNO2. The number of nitrogens with two attached hydrogens (primary N) is 1. The molecule has 0 unspecified atom stereocenters. The number of rotatable bonds is 4. The summed E-state index contributed by atoms with van der Waals surface area (Å²) in [6.07, 6.45) is 0. The van der Waals surface area contributed by atoms with Crippen LogP contribution in [0.1, 0.15) is 5.56 Å². The lowest BCUT2D eigenvalue weighted by molar-refractivity contribution is 0.298. The van der Waals surface area contributed by atoms with Crippen molar-refractivity contribution in [1.82, 2.24) is 0 Å². The van der Waals surface area contributed by atoms with Crippen LogP contribution in [0.15, 0.2) is 46.9 Å². The summed E-state index contributed by atoms with van der Waals surface area (Å²) in [7, 11) is 1.65. The van der Waals surface area contributed by atoms with Crippen LogP contribution in [0.2, 0.25) is 0 Å². The van der Waals surface area contributed by atoms with E-state index in [0.29, 0.717) is 18.0 Å². The molecule has 18 heavy (non-hydrogen) atoms. The van der Waals surface area contributed by atoms with Crippen molar-refractivity contribution in [2.24, 2.45) is 0 Å². The average molecular weight is 308 g/mol. The summed E-state index contributed by atoms with van der Waals surface area (Å²) in [6, 6.07) is 13.3. The molecular weight excluding hydrogens is 294 g/mol. The fourth-order valence-electron chi connectivity index (χ4n) is 1.63. The lowest BCUT2D eigenvalue weighted by atomic mass is 10.2. The summed E-state index contributed by atoms with van der Waals surface area (Å²) < 4.78 is 11.9. The van der Waals surface area contributed by atoms with Crippen molar-refractivity contribution in [3.8, 4) is 11.5 Å². The predicted molar refractivity (Wildman–Crippen MR) is 75.9 cm³/mol. The first-order chi connectivity index (χ1) is 8.70. The van der Waals surface area contributed by atoms with Gasteiger partial charge in [0.2, 0.25) is 0 Å². The number of nitrogen functional groups attached to an aromatic ring is 1. The van der Waals surface area contributed by atoms with Gasteiger partial charge in [-0.3, -0.25) is 0 Å². The fraction of sp³-hybridized carbons (Fsp3) is 0.143. The van der Waals surface area contributed by atoms with Gasteiger partial charge in [0.15, 0.2) is 0 Å². The first-order valence-electron chi connectivity index (χ1n) is 5.50. The van der Waals surface area contributed by atoms with Crippen molar-refractivity contribution < 1.29 is 9.47 Å². The Hall–Kier alpha value is -1.68. The highest BCUT2D eigenvalue weighted by Crippen LogP contribution is 2.27. The van der Waals surface area contributed by atoms with E-state index in [2.05, 4.69) is 15.9 Å². The van der Waals surface area contributed by atoms with Gasteiger partial charge in [-0.15, -0.1) is 0 Å². The molecule has 0 aliphatic rings. The highest BCUT2D eigenvalue weighted by atomic mass is 79.9. The van der Waals surface area contributed by atoms with E-state index in [0.717, 1.165) is 15.8 Å². The molecule has 2 aromatic carbocycles. The van der Waals surface area contributed by atoms with Gasteiger partial charge in [-0.2, -0.15) is 0 Å². The molecule has 3 nitrogen and oxygen atoms in total. The summed E-state index contributed by atoms with van der Waals surface area (Å²) in [5, 5.41) is 0. The molecule has 0 heterocycles. The monoisotopic (exact) mass is 307 g/mol. The SMILES string of the molecule is COc1ccccc1COc1ccc(Br)cc1N. The van der Waals surface area contributed by atoms with Crippen LogP contribution in [0, 0.1) is 0 Å². The van der Waals surface area contributed by atoms with Crippen LogP contribution in [-0.4, -0.2) is 7.11 Å². The van der Waals surface area contributed by atoms with Crippen LogP contribution in [-0.2, 0) is 6.61 Å². The zero-order valence-electron chi connectivity index (χ0n) is 10.0. The van der Waals surface area contributed by atoms with Crippen LogP contribution < -0.4 is 15.2 Å². The summed E-state index contributed by atoms with van der Waals surface area (Å²) in [5.74, 6) is 1.48. The molecule has 4 heteroatoms. The molecule has 2 aromatic rings. The number of halogens is 1. The molecule has 0 aliphatic heterocycles. The largest absolute Gasteiger partial charge is 0.496 e. The van der Waals surface area contributed by atoms with E-state index in [4.69, 9.17) is 15.2 Å². The molecule has 0 radical (unpaired) electrons. The highest BCUT2D eigenvalue weighted by molar-refractivity contribution is 9.10. The Labute approximate surface area is 115 Å². The van der Waals surface area contributed by atoms with Gasteiger partial charge < -0.3 is 15.2 Å². The van der Waals surface area contributed by atoms with E-state index in [-0.39, 0.29) is 0 Å². The molecule has 0 amide bonds. The van der Waals surface area contributed by atoms with Crippen LogP contribution in [0.3, 0.4) is 0 Å².